The van der Waals surface area contributed by atoms with Crippen LogP contribution in [0.25, 0.3) is 0 Å². The van der Waals surface area contributed by atoms with Gasteiger partial charge in [-0.1, -0.05) is 6.07 Å². The lowest BCUT2D eigenvalue weighted by Crippen LogP contribution is -1.90. The van der Waals surface area contributed by atoms with Crippen LogP contribution in [0.4, 0.5) is 17.1 Å². The number of nitro groups is 1. The van der Waals surface area contributed by atoms with E-state index in [4.69, 9.17) is 0 Å². The van der Waals surface area contributed by atoms with E-state index in [1.165, 1.54) is 6.07 Å². The second kappa shape index (κ2) is 1.85. The van der Waals surface area contributed by atoms with Crippen LogP contribution in [-0.4, -0.2) is 4.92 Å². The maximum atomic E-state index is 10.3. The summed E-state index contributed by atoms with van der Waals surface area (Å²) in [5.74, 6) is 0. The Bertz CT molecular complexity index is 359. The molecule has 5 nitrogen and oxygen atoms in total. The van der Waals surface area contributed by atoms with Crippen LogP contribution in [0.2, 0.25) is 0 Å². The van der Waals surface area contributed by atoms with Crippen LogP contribution in [-0.2, 0) is 0 Å². The molecule has 1 aromatic rings. The molecular weight excluding hydrogens is 146 g/mol. The molecule has 1 aliphatic heterocycles. The Morgan fingerprint density at radius 1 is 1.36 bits per heavy atom. The number of nitrogens with zero attached hydrogens (tertiary/aromatic N) is 3. The van der Waals surface area contributed by atoms with Gasteiger partial charge in [0.15, 0.2) is 5.69 Å². The first kappa shape index (κ1) is 5.96. The molecule has 11 heavy (non-hydrogen) atoms. The van der Waals surface area contributed by atoms with Crippen LogP contribution in [0, 0.1) is 10.1 Å². The van der Waals surface area contributed by atoms with Crippen molar-refractivity contribution >= 4 is 17.1 Å². The van der Waals surface area contributed by atoms with Crippen molar-refractivity contribution < 1.29 is 4.92 Å². The molecule has 0 amide bonds. The van der Waals surface area contributed by atoms with Crippen LogP contribution >= 0.6 is 0 Å². The third-order valence-corrected chi connectivity index (χ3v) is 1.45. The predicted octanol–water partition coefficient (Wildman–Crippen LogP) is 2.32. The lowest BCUT2D eigenvalue weighted by molar-refractivity contribution is -0.384. The highest BCUT2D eigenvalue weighted by Gasteiger charge is 2.21. The molecule has 1 aliphatic rings. The zero-order valence-electron chi connectivity index (χ0n) is 5.39. The summed E-state index contributed by atoms with van der Waals surface area (Å²) >= 11 is 0. The van der Waals surface area contributed by atoms with Gasteiger partial charge in [-0.25, -0.2) is 0 Å². The van der Waals surface area contributed by atoms with Crippen LogP contribution in [0.15, 0.2) is 28.4 Å². The monoisotopic (exact) mass is 149 g/mol. The number of hydrogen-bond acceptors (Lipinski definition) is 4. The largest absolute Gasteiger partial charge is 0.299 e. The summed E-state index contributed by atoms with van der Waals surface area (Å²) in [5.41, 5.74) is 1.01. The van der Waals surface area contributed by atoms with Crippen LogP contribution < -0.4 is 0 Å². The molecular formula is C6H3N3O2. The number of benzene rings is 1. The second-order valence-corrected chi connectivity index (χ2v) is 2.10. The van der Waals surface area contributed by atoms with E-state index in [0.29, 0.717) is 11.4 Å². The molecule has 0 N–H and O–H groups in total. The van der Waals surface area contributed by atoms with Gasteiger partial charge in [0.05, 0.1) is 4.92 Å². The smallest absolute Gasteiger partial charge is 0.258 e. The third kappa shape index (κ3) is 0.706. The van der Waals surface area contributed by atoms with Gasteiger partial charge in [-0.3, -0.25) is 10.1 Å². The summed E-state index contributed by atoms with van der Waals surface area (Å²) in [6, 6.07) is 4.70. The zero-order valence-corrected chi connectivity index (χ0v) is 5.39. The molecule has 0 fully saturated rings. The van der Waals surface area contributed by atoms with Gasteiger partial charge >= 0.3 is 0 Å². The van der Waals surface area contributed by atoms with E-state index < -0.39 is 4.92 Å². The Labute approximate surface area is 61.5 Å². The Balaban J connectivity index is 2.61. The van der Waals surface area contributed by atoms with E-state index in [1.54, 1.807) is 12.1 Å². The van der Waals surface area contributed by atoms with Gasteiger partial charge in [-0.15, -0.1) is 10.2 Å². The van der Waals surface area contributed by atoms with Crippen LogP contribution in [0.3, 0.4) is 0 Å². The minimum Gasteiger partial charge on any atom is -0.258 e. The van der Waals surface area contributed by atoms with Crippen molar-refractivity contribution in [3.05, 3.63) is 28.3 Å². The molecule has 1 heterocycles. The highest BCUT2D eigenvalue weighted by Crippen LogP contribution is 2.44. The summed E-state index contributed by atoms with van der Waals surface area (Å²) < 4.78 is 0. The lowest BCUT2D eigenvalue weighted by Gasteiger charge is -2.05. The molecule has 0 saturated heterocycles. The van der Waals surface area contributed by atoms with Gasteiger partial charge in [-0.2, -0.15) is 0 Å². The summed E-state index contributed by atoms with van der Waals surface area (Å²) in [4.78, 5) is 9.85. The van der Waals surface area contributed by atoms with Crippen molar-refractivity contribution in [3.8, 4) is 0 Å². The maximum absolute atomic E-state index is 10.3. The van der Waals surface area contributed by atoms with Crippen molar-refractivity contribution in [2.75, 3.05) is 0 Å². The van der Waals surface area contributed by atoms with E-state index in [9.17, 15) is 10.1 Å². The fraction of sp³-hybridized carbons (Fsp3) is 0. The highest BCUT2D eigenvalue weighted by molar-refractivity contribution is 5.76. The average Bonchev–Trinajstić information content (AvgIpc) is 1.90. The number of rotatable bonds is 1. The molecule has 0 aliphatic carbocycles. The van der Waals surface area contributed by atoms with Gasteiger partial charge in [0, 0.05) is 6.07 Å². The lowest BCUT2D eigenvalue weighted by atomic mass is 10.2. The quantitative estimate of drug-likeness (QED) is 0.461. The molecule has 1 aromatic carbocycles. The van der Waals surface area contributed by atoms with E-state index in [-0.39, 0.29) is 5.69 Å². The molecule has 0 aromatic heterocycles. The van der Waals surface area contributed by atoms with Crippen molar-refractivity contribution in [1.29, 1.82) is 0 Å². The van der Waals surface area contributed by atoms with Crippen molar-refractivity contribution in [2.24, 2.45) is 10.2 Å². The summed E-state index contributed by atoms with van der Waals surface area (Å²) in [5, 5.41) is 17.4. The Morgan fingerprint density at radius 2 is 2.18 bits per heavy atom. The normalized spacial score (nSPS) is 12.0. The first-order valence-corrected chi connectivity index (χ1v) is 2.98. The average molecular weight is 149 g/mol. The zero-order chi connectivity index (χ0) is 7.84. The molecule has 0 spiro atoms. The van der Waals surface area contributed by atoms with Gasteiger partial charge in [0.1, 0.15) is 5.69 Å². The van der Waals surface area contributed by atoms with Crippen molar-refractivity contribution in [3.63, 3.8) is 0 Å². The van der Waals surface area contributed by atoms with Gasteiger partial charge in [-0.05, 0) is 6.07 Å². The Hall–Kier alpha value is -1.78. The molecule has 0 atom stereocenters. The molecule has 0 unspecified atom stereocenters. The summed E-state index contributed by atoms with van der Waals surface area (Å²) in [6.45, 7) is 0. The fourth-order valence-corrected chi connectivity index (χ4v) is 0.909. The second-order valence-electron chi connectivity index (χ2n) is 2.10. The van der Waals surface area contributed by atoms with Gasteiger partial charge in [0.2, 0.25) is 0 Å². The topological polar surface area (TPSA) is 67.9 Å². The maximum Gasteiger partial charge on any atom is 0.299 e. The standard InChI is InChI=1S/C6H3N3O2/c10-9(11)5-3-1-2-4-6(5)8-7-4/h1-3H. The number of hydrogen-bond donors (Lipinski definition) is 0. The predicted molar refractivity (Wildman–Crippen MR) is 37.3 cm³/mol. The van der Waals surface area contributed by atoms with E-state index in [2.05, 4.69) is 10.2 Å². The molecule has 5 heteroatoms. The third-order valence-electron chi connectivity index (χ3n) is 1.45. The first-order chi connectivity index (χ1) is 5.29. The molecule has 2 rings (SSSR count). The SMILES string of the molecule is O=[N+]([O-])c1cccc2c1N=N2. The van der Waals surface area contributed by atoms with Crippen molar-refractivity contribution in [2.45, 2.75) is 0 Å². The Morgan fingerprint density at radius 3 is 2.64 bits per heavy atom. The molecule has 0 radical (unpaired) electrons. The van der Waals surface area contributed by atoms with E-state index in [0.717, 1.165) is 0 Å². The number of fused-ring (bicyclic) bond motifs is 1. The fourth-order valence-electron chi connectivity index (χ4n) is 0.909. The minimum absolute atomic E-state index is 0.0255. The molecule has 54 valence electrons. The van der Waals surface area contributed by atoms with Crippen LogP contribution in [0.5, 0.6) is 0 Å². The van der Waals surface area contributed by atoms with Gasteiger partial charge in [0.25, 0.3) is 5.69 Å². The number of nitro benzene ring substituents is 1. The summed E-state index contributed by atoms with van der Waals surface area (Å²) in [7, 11) is 0. The first-order valence-electron chi connectivity index (χ1n) is 2.98. The van der Waals surface area contributed by atoms with E-state index >= 15 is 0 Å². The highest BCUT2D eigenvalue weighted by atomic mass is 16.6. The Kier molecular flexibility index (Phi) is 1.00. The van der Waals surface area contributed by atoms with Crippen molar-refractivity contribution in [1.82, 2.24) is 0 Å². The number of azo groups is 1. The van der Waals surface area contributed by atoms with E-state index in [1.807, 2.05) is 0 Å². The van der Waals surface area contributed by atoms with Gasteiger partial charge < -0.3 is 0 Å². The molecule has 0 bridgehead atoms. The minimum atomic E-state index is -0.461. The van der Waals surface area contributed by atoms with Crippen LogP contribution in [0.1, 0.15) is 0 Å². The molecule has 0 saturated carbocycles. The summed E-state index contributed by atoms with van der Waals surface area (Å²) in [6.07, 6.45) is 0.